The van der Waals surface area contributed by atoms with E-state index in [9.17, 15) is 0 Å². The van der Waals surface area contributed by atoms with Gasteiger partial charge in [-0.05, 0) is 30.9 Å². The highest BCUT2D eigenvalue weighted by Gasteiger charge is 2.36. The third-order valence-electron chi connectivity index (χ3n) is 4.54. The Morgan fingerprint density at radius 2 is 1.96 bits per heavy atom. The minimum Gasteiger partial charge on any atom is -0.381 e. The molecule has 2 rings (SSSR count). The van der Waals surface area contributed by atoms with Crippen LogP contribution in [0.3, 0.4) is 0 Å². The topological polar surface area (TPSA) is 45.7 Å². The Kier molecular flexibility index (Phi) is 10.0. The van der Waals surface area contributed by atoms with E-state index in [0.29, 0.717) is 0 Å². The predicted octanol–water partition coefficient (Wildman–Crippen LogP) is 3.97. The summed E-state index contributed by atoms with van der Waals surface area (Å²) in [6.07, 6.45) is 4.25. The number of guanidine groups is 1. The van der Waals surface area contributed by atoms with Crippen LogP contribution in [0.15, 0.2) is 29.3 Å². The summed E-state index contributed by atoms with van der Waals surface area (Å²) >= 11 is 6.48. The van der Waals surface area contributed by atoms with Gasteiger partial charge >= 0.3 is 0 Å². The van der Waals surface area contributed by atoms with E-state index in [1.54, 1.807) is 0 Å². The fourth-order valence-corrected chi connectivity index (χ4v) is 3.39. The standard InChI is InChI=1S/C18H28ClN3O.HI/c1-3-4-11-21-17(20-2)22-14-18(9-12-23-13-10-18)15-7-5-6-8-16(15)19;/h5-8H,3-4,9-14H2,1-2H3,(H2,20,21,22);1H. The third kappa shape index (κ3) is 5.77. The van der Waals surface area contributed by atoms with E-state index >= 15 is 0 Å². The molecular weight excluding hydrogens is 437 g/mol. The number of hydrogen-bond acceptors (Lipinski definition) is 2. The van der Waals surface area contributed by atoms with Crippen LogP contribution in [-0.4, -0.2) is 39.3 Å². The second-order valence-electron chi connectivity index (χ2n) is 6.08. The predicted molar refractivity (Wildman–Crippen MR) is 113 cm³/mol. The van der Waals surface area contributed by atoms with E-state index in [2.05, 4.69) is 34.7 Å². The molecule has 4 nitrogen and oxygen atoms in total. The van der Waals surface area contributed by atoms with Crippen molar-refractivity contribution < 1.29 is 4.74 Å². The largest absolute Gasteiger partial charge is 0.381 e. The molecule has 0 aliphatic carbocycles. The summed E-state index contributed by atoms with van der Waals surface area (Å²) in [6, 6.07) is 8.16. The van der Waals surface area contributed by atoms with Crippen molar-refractivity contribution in [1.29, 1.82) is 0 Å². The minimum atomic E-state index is -0.00102. The van der Waals surface area contributed by atoms with Gasteiger partial charge < -0.3 is 15.4 Å². The van der Waals surface area contributed by atoms with Crippen LogP contribution in [0.1, 0.15) is 38.2 Å². The Labute approximate surface area is 167 Å². The van der Waals surface area contributed by atoms with Crippen LogP contribution in [0.4, 0.5) is 0 Å². The van der Waals surface area contributed by atoms with Crippen molar-refractivity contribution in [3.8, 4) is 0 Å². The van der Waals surface area contributed by atoms with E-state index in [0.717, 1.165) is 56.5 Å². The highest BCUT2D eigenvalue weighted by Crippen LogP contribution is 2.38. The van der Waals surface area contributed by atoms with Gasteiger partial charge in [-0.25, -0.2) is 0 Å². The molecule has 6 heteroatoms. The SMILES string of the molecule is CCCCNC(=NC)NCC1(c2ccccc2Cl)CCOCC1.I. The average Bonchev–Trinajstić information content (AvgIpc) is 2.59. The van der Waals surface area contributed by atoms with Crippen LogP contribution < -0.4 is 10.6 Å². The van der Waals surface area contributed by atoms with Gasteiger partial charge in [0.15, 0.2) is 5.96 Å². The number of ether oxygens (including phenoxy) is 1. The van der Waals surface area contributed by atoms with Gasteiger partial charge in [-0.2, -0.15) is 0 Å². The lowest BCUT2D eigenvalue weighted by atomic mass is 9.74. The monoisotopic (exact) mass is 465 g/mol. The van der Waals surface area contributed by atoms with E-state index in [-0.39, 0.29) is 29.4 Å². The number of unbranched alkanes of at least 4 members (excludes halogenated alkanes) is 1. The fraction of sp³-hybridized carbons (Fsp3) is 0.611. The summed E-state index contributed by atoms with van der Waals surface area (Å²) in [7, 11) is 1.81. The smallest absolute Gasteiger partial charge is 0.191 e. The summed E-state index contributed by atoms with van der Waals surface area (Å²) in [5.74, 6) is 0.858. The van der Waals surface area contributed by atoms with Gasteiger partial charge in [-0.3, -0.25) is 4.99 Å². The number of rotatable bonds is 6. The molecule has 0 spiro atoms. The van der Waals surface area contributed by atoms with Gasteiger partial charge in [-0.1, -0.05) is 43.1 Å². The van der Waals surface area contributed by atoms with Gasteiger partial charge in [0.25, 0.3) is 0 Å². The number of aliphatic imine (C=N–C) groups is 1. The van der Waals surface area contributed by atoms with E-state index in [1.165, 1.54) is 12.0 Å². The Hall–Kier alpha value is -0.530. The Bertz CT molecular complexity index is 519. The Balaban J connectivity index is 0.00000288. The van der Waals surface area contributed by atoms with Gasteiger partial charge in [-0.15, -0.1) is 24.0 Å². The number of halogens is 2. The maximum absolute atomic E-state index is 6.48. The number of hydrogen-bond donors (Lipinski definition) is 2. The van der Waals surface area contributed by atoms with E-state index in [4.69, 9.17) is 16.3 Å². The summed E-state index contributed by atoms with van der Waals surface area (Å²) in [5.41, 5.74) is 1.21. The minimum absolute atomic E-state index is 0. The molecule has 1 saturated heterocycles. The first-order chi connectivity index (χ1) is 11.2. The molecule has 0 unspecified atom stereocenters. The lowest BCUT2D eigenvalue weighted by Gasteiger charge is -2.38. The van der Waals surface area contributed by atoms with Crippen LogP contribution in [0.2, 0.25) is 5.02 Å². The number of nitrogens with one attached hydrogen (secondary N) is 2. The molecule has 0 bridgehead atoms. The molecule has 0 aromatic heterocycles. The molecule has 136 valence electrons. The molecular formula is C18H29ClIN3O. The Morgan fingerprint density at radius 1 is 1.25 bits per heavy atom. The quantitative estimate of drug-likeness (QED) is 0.289. The van der Waals surface area contributed by atoms with E-state index < -0.39 is 0 Å². The molecule has 1 aromatic rings. The van der Waals surface area contributed by atoms with Crippen molar-refractivity contribution in [3.63, 3.8) is 0 Å². The average molecular weight is 466 g/mol. The zero-order valence-corrected chi connectivity index (χ0v) is 17.7. The van der Waals surface area contributed by atoms with Crippen LogP contribution in [0, 0.1) is 0 Å². The molecule has 2 N–H and O–H groups in total. The second-order valence-corrected chi connectivity index (χ2v) is 6.49. The molecule has 1 aromatic carbocycles. The zero-order chi connectivity index (χ0) is 16.5. The maximum atomic E-state index is 6.48. The lowest BCUT2D eigenvalue weighted by molar-refractivity contribution is 0.0514. The van der Waals surface area contributed by atoms with Crippen molar-refractivity contribution >= 4 is 41.5 Å². The van der Waals surface area contributed by atoms with E-state index in [1.807, 2.05) is 19.2 Å². The van der Waals surface area contributed by atoms with Gasteiger partial charge in [0.05, 0.1) is 0 Å². The van der Waals surface area contributed by atoms with Crippen molar-refractivity contribution in [2.75, 3.05) is 33.4 Å². The lowest BCUT2D eigenvalue weighted by Crippen LogP contribution is -2.48. The maximum Gasteiger partial charge on any atom is 0.191 e. The Morgan fingerprint density at radius 3 is 2.58 bits per heavy atom. The molecule has 0 atom stereocenters. The molecule has 0 saturated carbocycles. The molecule has 0 amide bonds. The normalized spacial score (nSPS) is 17.0. The summed E-state index contributed by atoms with van der Waals surface area (Å²) in [5, 5.41) is 7.70. The van der Waals surface area contributed by atoms with Gasteiger partial charge in [0.2, 0.25) is 0 Å². The highest BCUT2D eigenvalue weighted by molar-refractivity contribution is 14.0. The first-order valence-corrected chi connectivity index (χ1v) is 8.87. The van der Waals surface area contributed by atoms with Crippen LogP contribution >= 0.6 is 35.6 Å². The number of benzene rings is 1. The first kappa shape index (κ1) is 21.5. The molecule has 1 aliphatic rings. The van der Waals surface area contributed by atoms with Crippen LogP contribution in [-0.2, 0) is 10.2 Å². The third-order valence-corrected chi connectivity index (χ3v) is 4.87. The van der Waals surface area contributed by atoms with Gasteiger partial charge in [0, 0.05) is 43.8 Å². The first-order valence-electron chi connectivity index (χ1n) is 8.49. The van der Waals surface area contributed by atoms with Crippen molar-refractivity contribution in [2.24, 2.45) is 4.99 Å². The van der Waals surface area contributed by atoms with Crippen molar-refractivity contribution in [2.45, 2.75) is 38.0 Å². The number of nitrogens with zero attached hydrogens (tertiary/aromatic N) is 1. The second kappa shape index (κ2) is 11.2. The van der Waals surface area contributed by atoms with Gasteiger partial charge in [0.1, 0.15) is 0 Å². The summed E-state index contributed by atoms with van der Waals surface area (Å²) in [6.45, 7) is 5.49. The van der Waals surface area contributed by atoms with Crippen LogP contribution in [0.5, 0.6) is 0 Å². The summed E-state index contributed by atoms with van der Waals surface area (Å²) < 4.78 is 5.58. The molecule has 1 aliphatic heterocycles. The fourth-order valence-electron chi connectivity index (χ4n) is 3.05. The molecule has 24 heavy (non-hydrogen) atoms. The highest BCUT2D eigenvalue weighted by atomic mass is 127. The van der Waals surface area contributed by atoms with Crippen molar-refractivity contribution in [1.82, 2.24) is 10.6 Å². The molecule has 1 heterocycles. The van der Waals surface area contributed by atoms with Crippen molar-refractivity contribution in [3.05, 3.63) is 34.9 Å². The molecule has 0 radical (unpaired) electrons. The molecule has 1 fully saturated rings. The summed E-state index contributed by atoms with van der Waals surface area (Å²) in [4.78, 5) is 4.32. The van der Waals surface area contributed by atoms with Crippen LogP contribution in [0.25, 0.3) is 0 Å². The zero-order valence-electron chi connectivity index (χ0n) is 14.6.